The normalized spacial score (nSPS) is 25.5. The number of nitrogens with zero attached hydrogens (tertiary/aromatic N) is 4. The fraction of sp³-hybridized carbons (Fsp3) is 0.292. The maximum atomic E-state index is 12.0. The van der Waals surface area contributed by atoms with Gasteiger partial charge in [0.05, 0.1) is 28.8 Å². The Kier molecular flexibility index (Phi) is 4.98. The molecule has 1 fully saturated rings. The van der Waals surface area contributed by atoms with Crippen LogP contribution in [0.2, 0.25) is 0 Å². The predicted molar refractivity (Wildman–Crippen MR) is 111 cm³/mol. The lowest BCUT2D eigenvalue weighted by molar-refractivity contribution is -0.747. The summed E-state index contributed by atoms with van der Waals surface area (Å²) < 4.78 is 2.00. The summed E-state index contributed by atoms with van der Waals surface area (Å²) in [5.41, 5.74) is 0.602. The first-order valence-electron chi connectivity index (χ1n) is 9.89. The number of benzene rings is 1. The molecule has 6 nitrogen and oxygen atoms in total. The van der Waals surface area contributed by atoms with Crippen molar-refractivity contribution in [2.45, 2.75) is 37.5 Å². The number of aryl methyl sites for hydroxylation is 1. The Morgan fingerprint density at radius 3 is 2.43 bits per heavy atom. The molecule has 3 atom stereocenters. The first kappa shape index (κ1) is 19.6. The van der Waals surface area contributed by atoms with E-state index >= 15 is 0 Å². The van der Waals surface area contributed by atoms with Gasteiger partial charge >= 0.3 is 0 Å². The summed E-state index contributed by atoms with van der Waals surface area (Å²) >= 11 is 0. The first-order chi connectivity index (χ1) is 14.5. The second-order valence-corrected chi connectivity index (χ2v) is 7.81. The summed E-state index contributed by atoms with van der Waals surface area (Å²) in [5, 5.41) is 44.2. The van der Waals surface area contributed by atoms with E-state index in [4.69, 9.17) is 0 Å². The van der Waals surface area contributed by atoms with Crippen molar-refractivity contribution in [2.24, 2.45) is 5.92 Å². The second kappa shape index (κ2) is 7.61. The third kappa shape index (κ3) is 3.09. The number of hydrogen-bond donors (Lipinski definition) is 2. The standard InChI is InChI=1S/C24H21N5O/c1-16-7-5-6-12-29(16)23-21(17-8-3-2-4-9-17)20(15-27)22(18(13-25)14-26)28-24(23,30)19-10-11-19/h2-9,12,19,21,23,28,30H,10-11H2,1H3/t21-,23+,24-/m1/s1. The Bertz CT molecular complexity index is 1150. The quantitative estimate of drug-likeness (QED) is 0.472. The highest BCUT2D eigenvalue weighted by Gasteiger charge is 2.61. The highest BCUT2D eigenvalue weighted by atomic mass is 16.3. The molecule has 4 rings (SSSR count). The van der Waals surface area contributed by atoms with Crippen molar-refractivity contribution in [3.05, 3.63) is 88.2 Å². The lowest BCUT2D eigenvalue weighted by Gasteiger charge is -2.43. The number of rotatable bonds is 4. The maximum absolute atomic E-state index is 12.0. The lowest BCUT2D eigenvalue weighted by atomic mass is 9.73. The molecule has 1 aliphatic heterocycles. The smallest absolute Gasteiger partial charge is 0.217 e. The summed E-state index contributed by atoms with van der Waals surface area (Å²) in [6.07, 6.45) is 3.57. The van der Waals surface area contributed by atoms with Crippen LogP contribution in [-0.4, -0.2) is 16.7 Å². The van der Waals surface area contributed by atoms with Crippen LogP contribution in [0.3, 0.4) is 0 Å². The van der Waals surface area contributed by atoms with Gasteiger partial charge in [0.25, 0.3) is 0 Å². The SMILES string of the molecule is Cc1cccc[n+]1[C@H]1[C@H](c2ccccc2)C(C#N)=C(C(=C=[N-])C#N)N[C@@]1(O)C1CC1. The summed E-state index contributed by atoms with van der Waals surface area (Å²) in [7, 11) is 0. The molecular weight excluding hydrogens is 374 g/mol. The minimum Gasteiger partial charge on any atom is -0.762 e. The van der Waals surface area contributed by atoms with Crippen molar-refractivity contribution >= 4 is 5.87 Å². The van der Waals surface area contributed by atoms with E-state index < -0.39 is 17.7 Å². The zero-order chi connectivity index (χ0) is 21.3. The molecule has 0 amide bonds. The molecule has 1 aromatic carbocycles. The number of nitriles is 2. The zero-order valence-electron chi connectivity index (χ0n) is 16.6. The van der Waals surface area contributed by atoms with Crippen LogP contribution >= 0.6 is 0 Å². The van der Waals surface area contributed by atoms with Crippen LogP contribution in [0.25, 0.3) is 5.41 Å². The van der Waals surface area contributed by atoms with Crippen LogP contribution in [0.15, 0.2) is 71.6 Å². The van der Waals surface area contributed by atoms with E-state index in [0.29, 0.717) is 0 Å². The number of allylic oxidation sites excluding steroid dienone is 2. The number of hydrogen-bond acceptors (Lipinski definition) is 4. The van der Waals surface area contributed by atoms with Gasteiger partial charge in [-0.25, -0.2) is 5.87 Å². The molecule has 2 aliphatic rings. The minimum atomic E-state index is -1.41. The van der Waals surface area contributed by atoms with E-state index in [1.807, 2.05) is 78.2 Å². The summed E-state index contributed by atoms with van der Waals surface area (Å²) in [6, 6.07) is 18.9. The van der Waals surface area contributed by atoms with Gasteiger partial charge < -0.3 is 15.8 Å². The average Bonchev–Trinajstić information content (AvgIpc) is 3.62. The van der Waals surface area contributed by atoms with Crippen molar-refractivity contribution in [3.8, 4) is 12.1 Å². The van der Waals surface area contributed by atoms with Crippen molar-refractivity contribution < 1.29 is 9.67 Å². The van der Waals surface area contributed by atoms with E-state index in [9.17, 15) is 21.0 Å². The number of nitrogens with one attached hydrogen (secondary N) is 1. The molecule has 2 heterocycles. The third-order valence-corrected chi connectivity index (χ3v) is 6.03. The van der Waals surface area contributed by atoms with Crippen molar-refractivity contribution in [2.75, 3.05) is 0 Å². The van der Waals surface area contributed by atoms with Gasteiger partial charge in [0, 0.05) is 25.0 Å². The number of aromatic nitrogens is 1. The fourth-order valence-corrected chi connectivity index (χ4v) is 4.47. The lowest BCUT2D eigenvalue weighted by Crippen LogP contribution is -2.66. The molecular formula is C24H21N5O. The first-order valence-corrected chi connectivity index (χ1v) is 9.89. The molecule has 0 radical (unpaired) electrons. The Morgan fingerprint density at radius 1 is 1.17 bits per heavy atom. The van der Waals surface area contributed by atoms with Crippen LogP contribution in [0, 0.1) is 35.5 Å². The molecule has 2 aromatic rings. The van der Waals surface area contributed by atoms with Gasteiger partial charge in [-0.05, 0) is 18.4 Å². The second-order valence-electron chi connectivity index (χ2n) is 7.81. The molecule has 0 bridgehead atoms. The van der Waals surface area contributed by atoms with Crippen LogP contribution in [-0.2, 0) is 0 Å². The largest absolute Gasteiger partial charge is 0.762 e. The average molecular weight is 395 g/mol. The minimum absolute atomic E-state index is 0.0466. The van der Waals surface area contributed by atoms with Gasteiger partial charge in [-0.15, -0.1) is 0 Å². The molecule has 6 heteroatoms. The van der Waals surface area contributed by atoms with E-state index in [1.165, 1.54) is 0 Å². The summed E-state index contributed by atoms with van der Waals surface area (Å²) in [6.45, 7) is 1.96. The molecule has 30 heavy (non-hydrogen) atoms. The molecule has 0 unspecified atom stereocenters. The van der Waals surface area contributed by atoms with Crippen LogP contribution in [0.4, 0.5) is 0 Å². The van der Waals surface area contributed by atoms with Crippen molar-refractivity contribution in [1.29, 1.82) is 10.5 Å². The topological polar surface area (TPSA) is 106 Å². The molecule has 1 aliphatic carbocycles. The monoisotopic (exact) mass is 395 g/mol. The zero-order valence-corrected chi connectivity index (χ0v) is 16.6. The molecule has 2 N–H and O–H groups in total. The number of pyridine rings is 1. The molecule has 148 valence electrons. The van der Waals surface area contributed by atoms with Crippen LogP contribution in [0.1, 0.15) is 36.1 Å². The van der Waals surface area contributed by atoms with Gasteiger partial charge in [-0.2, -0.15) is 15.1 Å². The van der Waals surface area contributed by atoms with Gasteiger partial charge in [-0.1, -0.05) is 36.4 Å². The van der Waals surface area contributed by atoms with Gasteiger partial charge in [0.2, 0.25) is 11.8 Å². The highest BCUT2D eigenvalue weighted by molar-refractivity contribution is 5.74. The van der Waals surface area contributed by atoms with Crippen molar-refractivity contribution in [3.63, 3.8) is 0 Å². The molecule has 0 spiro atoms. The summed E-state index contributed by atoms with van der Waals surface area (Å²) in [4.78, 5) is 0. The van der Waals surface area contributed by atoms with Crippen LogP contribution < -0.4 is 9.88 Å². The molecule has 1 aromatic heterocycles. The Balaban J connectivity index is 2.06. The van der Waals surface area contributed by atoms with Gasteiger partial charge in [-0.3, -0.25) is 0 Å². The maximum Gasteiger partial charge on any atom is 0.217 e. The fourth-order valence-electron chi connectivity index (χ4n) is 4.47. The third-order valence-electron chi connectivity index (χ3n) is 6.03. The van der Waals surface area contributed by atoms with Crippen LogP contribution in [0.5, 0.6) is 0 Å². The van der Waals surface area contributed by atoms with Crippen molar-refractivity contribution in [1.82, 2.24) is 5.32 Å². The highest BCUT2D eigenvalue weighted by Crippen LogP contribution is 2.52. The van der Waals surface area contributed by atoms with Gasteiger partial charge in [0.1, 0.15) is 6.07 Å². The predicted octanol–water partition coefficient (Wildman–Crippen LogP) is 2.78. The number of aliphatic hydroxyl groups is 1. The Hall–Kier alpha value is -3.70. The summed E-state index contributed by atoms with van der Waals surface area (Å²) in [5.74, 6) is 1.31. The Morgan fingerprint density at radius 2 is 1.87 bits per heavy atom. The van der Waals surface area contributed by atoms with E-state index in [0.717, 1.165) is 24.1 Å². The van der Waals surface area contributed by atoms with E-state index in [2.05, 4.69) is 11.4 Å². The molecule has 0 saturated heterocycles. The van der Waals surface area contributed by atoms with E-state index in [1.54, 1.807) is 0 Å². The Labute approximate surface area is 175 Å². The van der Waals surface area contributed by atoms with E-state index in [-0.39, 0.29) is 22.8 Å². The molecule has 1 saturated carbocycles. The van der Waals surface area contributed by atoms with Gasteiger partial charge in [0.15, 0.2) is 11.9 Å².